The van der Waals surface area contributed by atoms with Crippen LogP contribution < -0.4 is 11.1 Å². The SMILES string of the molecule is CN(CCNC(=O)C1CCCCC1(C)N)C1CCCCC1.Cl.Cl. The van der Waals surface area contributed by atoms with E-state index in [-0.39, 0.29) is 42.2 Å². The lowest BCUT2D eigenvalue weighted by molar-refractivity contribution is -0.128. The molecule has 0 aromatic rings. The molecule has 2 fully saturated rings. The van der Waals surface area contributed by atoms with E-state index in [2.05, 4.69) is 17.3 Å². The molecule has 0 spiro atoms. The van der Waals surface area contributed by atoms with Gasteiger partial charge in [-0.3, -0.25) is 4.79 Å². The van der Waals surface area contributed by atoms with E-state index in [1.807, 2.05) is 6.92 Å². The third-order valence-corrected chi connectivity index (χ3v) is 5.53. The molecule has 0 saturated heterocycles. The molecule has 0 aromatic heterocycles. The van der Waals surface area contributed by atoms with Crippen molar-refractivity contribution in [1.29, 1.82) is 0 Å². The third kappa shape index (κ3) is 6.77. The number of likely N-dealkylation sites (N-methyl/N-ethyl adjacent to an activating group) is 1. The fourth-order valence-electron chi connectivity index (χ4n) is 3.97. The van der Waals surface area contributed by atoms with Crippen LogP contribution in [0.4, 0.5) is 0 Å². The Kier molecular flexibility index (Phi) is 10.7. The number of nitrogens with one attached hydrogen (secondary N) is 1. The molecule has 23 heavy (non-hydrogen) atoms. The Balaban J connectivity index is 0.00000242. The number of carbonyl (C=O) groups excluding carboxylic acids is 1. The monoisotopic (exact) mass is 367 g/mol. The lowest BCUT2D eigenvalue weighted by atomic mass is 9.74. The molecule has 4 nitrogen and oxygen atoms in total. The van der Waals surface area contributed by atoms with E-state index >= 15 is 0 Å². The second-order valence-corrected chi connectivity index (χ2v) is 7.37. The molecule has 0 aliphatic heterocycles. The van der Waals surface area contributed by atoms with Gasteiger partial charge in [0.15, 0.2) is 0 Å². The Morgan fingerprint density at radius 2 is 1.74 bits per heavy atom. The fraction of sp³-hybridized carbons (Fsp3) is 0.941. The molecule has 2 saturated carbocycles. The van der Waals surface area contributed by atoms with Gasteiger partial charge in [-0.1, -0.05) is 32.1 Å². The Hall–Kier alpha value is -0.0300. The summed E-state index contributed by atoms with van der Waals surface area (Å²) in [6.45, 7) is 3.73. The predicted molar refractivity (Wildman–Crippen MR) is 102 cm³/mol. The quantitative estimate of drug-likeness (QED) is 0.784. The summed E-state index contributed by atoms with van der Waals surface area (Å²) in [6.07, 6.45) is 10.9. The van der Waals surface area contributed by atoms with Crippen LogP contribution in [-0.4, -0.2) is 42.5 Å². The van der Waals surface area contributed by atoms with Crippen LogP contribution in [0.2, 0.25) is 0 Å². The topological polar surface area (TPSA) is 58.4 Å². The molecular weight excluding hydrogens is 333 g/mol. The van der Waals surface area contributed by atoms with Gasteiger partial charge >= 0.3 is 0 Å². The number of rotatable bonds is 5. The van der Waals surface area contributed by atoms with Crippen LogP contribution >= 0.6 is 24.8 Å². The van der Waals surface area contributed by atoms with Crippen molar-refractivity contribution >= 4 is 30.7 Å². The minimum absolute atomic E-state index is 0. The first-order valence-corrected chi connectivity index (χ1v) is 8.77. The Labute approximate surface area is 154 Å². The number of amides is 1. The van der Waals surface area contributed by atoms with Crippen LogP contribution in [0.25, 0.3) is 0 Å². The van der Waals surface area contributed by atoms with E-state index in [9.17, 15) is 4.79 Å². The van der Waals surface area contributed by atoms with Crippen LogP contribution in [0.15, 0.2) is 0 Å². The van der Waals surface area contributed by atoms with Gasteiger partial charge in [0.2, 0.25) is 5.91 Å². The number of carbonyl (C=O) groups is 1. The van der Waals surface area contributed by atoms with Crippen molar-refractivity contribution in [2.24, 2.45) is 11.7 Å². The number of nitrogens with zero attached hydrogens (tertiary/aromatic N) is 1. The van der Waals surface area contributed by atoms with Crippen LogP contribution in [0, 0.1) is 5.92 Å². The maximum absolute atomic E-state index is 12.4. The highest BCUT2D eigenvalue weighted by Crippen LogP contribution is 2.31. The summed E-state index contributed by atoms with van der Waals surface area (Å²) in [5.41, 5.74) is 5.98. The molecule has 3 N–H and O–H groups in total. The zero-order valence-corrected chi connectivity index (χ0v) is 16.3. The predicted octanol–water partition coefficient (Wildman–Crippen LogP) is 3.12. The van der Waals surface area contributed by atoms with Crippen molar-refractivity contribution in [1.82, 2.24) is 10.2 Å². The van der Waals surface area contributed by atoms with Gasteiger partial charge < -0.3 is 16.0 Å². The zero-order chi connectivity index (χ0) is 15.3. The van der Waals surface area contributed by atoms with E-state index in [1.165, 1.54) is 32.1 Å². The lowest BCUT2D eigenvalue weighted by Crippen LogP contribution is -2.53. The van der Waals surface area contributed by atoms with Gasteiger partial charge in [-0.25, -0.2) is 0 Å². The van der Waals surface area contributed by atoms with Crippen LogP contribution in [0.5, 0.6) is 0 Å². The normalized spacial score (nSPS) is 28.6. The van der Waals surface area contributed by atoms with Gasteiger partial charge in [-0.2, -0.15) is 0 Å². The number of nitrogens with two attached hydrogens (primary N) is 1. The van der Waals surface area contributed by atoms with Gasteiger partial charge in [0, 0.05) is 24.7 Å². The van der Waals surface area contributed by atoms with Gasteiger partial charge in [0.25, 0.3) is 0 Å². The molecule has 6 heteroatoms. The average molecular weight is 368 g/mol. The maximum atomic E-state index is 12.4. The first-order valence-electron chi connectivity index (χ1n) is 8.77. The van der Waals surface area contributed by atoms with Crippen LogP contribution in [-0.2, 0) is 4.79 Å². The second-order valence-electron chi connectivity index (χ2n) is 7.37. The van der Waals surface area contributed by atoms with E-state index < -0.39 is 0 Å². The summed E-state index contributed by atoms with van der Waals surface area (Å²) in [4.78, 5) is 14.8. The van der Waals surface area contributed by atoms with Crippen molar-refractivity contribution in [2.75, 3.05) is 20.1 Å². The molecule has 0 aromatic carbocycles. The van der Waals surface area contributed by atoms with Gasteiger partial charge in [0.05, 0.1) is 5.92 Å². The number of hydrogen-bond acceptors (Lipinski definition) is 3. The van der Waals surface area contributed by atoms with E-state index in [0.717, 1.165) is 38.8 Å². The second kappa shape index (κ2) is 10.8. The fourth-order valence-corrected chi connectivity index (χ4v) is 3.97. The van der Waals surface area contributed by atoms with Crippen molar-refractivity contribution in [3.05, 3.63) is 0 Å². The summed E-state index contributed by atoms with van der Waals surface area (Å²) in [5, 5.41) is 3.12. The molecule has 2 aliphatic carbocycles. The summed E-state index contributed by atoms with van der Waals surface area (Å²) in [5.74, 6) is 0.156. The van der Waals surface area contributed by atoms with Gasteiger partial charge in [0.1, 0.15) is 0 Å². The summed E-state index contributed by atoms with van der Waals surface area (Å²) in [6, 6.07) is 0.713. The first kappa shape index (κ1) is 23.0. The first-order chi connectivity index (χ1) is 10.0. The minimum atomic E-state index is -0.322. The molecule has 0 radical (unpaired) electrons. The molecule has 2 rings (SSSR count). The van der Waals surface area contributed by atoms with Crippen molar-refractivity contribution in [3.63, 3.8) is 0 Å². The Morgan fingerprint density at radius 3 is 2.35 bits per heavy atom. The average Bonchev–Trinajstić information content (AvgIpc) is 2.47. The molecule has 0 bridgehead atoms. The largest absolute Gasteiger partial charge is 0.355 e. The minimum Gasteiger partial charge on any atom is -0.355 e. The van der Waals surface area contributed by atoms with Crippen molar-refractivity contribution < 1.29 is 4.79 Å². The molecule has 0 heterocycles. The summed E-state index contributed by atoms with van der Waals surface area (Å²) in [7, 11) is 2.19. The number of hydrogen-bond donors (Lipinski definition) is 2. The molecular formula is C17H35Cl2N3O. The lowest BCUT2D eigenvalue weighted by Gasteiger charge is -2.37. The smallest absolute Gasteiger partial charge is 0.225 e. The highest BCUT2D eigenvalue weighted by molar-refractivity contribution is 5.85. The van der Waals surface area contributed by atoms with Gasteiger partial charge in [-0.05, 0) is 39.7 Å². The van der Waals surface area contributed by atoms with Crippen molar-refractivity contribution in [2.45, 2.75) is 76.3 Å². The standard InChI is InChI=1S/C17H33N3O.2ClH/c1-17(18)11-7-6-10-15(17)16(21)19-12-13-20(2)14-8-4-3-5-9-14;;/h14-15H,3-13,18H2,1-2H3,(H,19,21);2*1H. The van der Waals surface area contributed by atoms with E-state index in [0.29, 0.717) is 6.04 Å². The third-order valence-electron chi connectivity index (χ3n) is 5.53. The Morgan fingerprint density at radius 1 is 1.13 bits per heavy atom. The highest BCUT2D eigenvalue weighted by atomic mass is 35.5. The summed E-state index contributed by atoms with van der Waals surface area (Å²) >= 11 is 0. The van der Waals surface area contributed by atoms with Crippen molar-refractivity contribution in [3.8, 4) is 0 Å². The molecule has 1 amide bonds. The van der Waals surface area contributed by atoms with Crippen LogP contribution in [0.3, 0.4) is 0 Å². The zero-order valence-electron chi connectivity index (χ0n) is 14.7. The maximum Gasteiger partial charge on any atom is 0.225 e. The highest BCUT2D eigenvalue weighted by Gasteiger charge is 2.37. The van der Waals surface area contributed by atoms with E-state index in [4.69, 9.17) is 5.73 Å². The number of halogens is 2. The van der Waals surface area contributed by atoms with E-state index in [1.54, 1.807) is 0 Å². The summed E-state index contributed by atoms with van der Waals surface area (Å²) < 4.78 is 0. The molecule has 138 valence electrons. The molecule has 2 atom stereocenters. The van der Waals surface area contributed by atoms with Gasteiger partial charge in [-0.15, -0.1) is 24.8 Å². The Bertz CT molecular complexity index is 347. The molecule has 2 unspecified atom stereocenters. The van der Waals surface area contributed by atoms with Crippen LogP contribution in [0.1, 0.15) is 64.7 Å². The molecule has 2 aliphatic rings.